The Hall–Kier alpha value is -0.420. The molecule has 18 heavy (non-hydrogen) atoms. The van der Waals surface area contributed by atoms with Crippen LogP contribution in [0.3, 0.4) is 0 Å². The Morgan fingerprint density at radius 1 is 1.22 bits per heavy atom. The topological polar surface area (TPSA) is 54.5 Å². The lowest BCUT2D eigenvalue weighted by molar-refractivity contribution is -0.126. The summed E-state index contributed by atoms with van der Waals surface area (Å²) < 4.78 is 22.5. The molecule has 1 aliphatic carbocycles. The Morgan fingerprint density at radius 3 is 2.67 bits per heavy atom. The third-order valence-electron chi connectivity index (χ3n) is 4.23. The second-order valence-electron chi connectivity index (χ2n) is 5.69. The molecule has 0 bridgehead atoms. The Morgan fingerprint density at radius 2 is 2.00 bits per heavy atom. The van der Waals surface area contributed by atoms with Gasteiger partial charge in [0.2, 0.25) is 0 Å². The van der Waals surface area contributed by atoms with Crippen molar-refractivity contribution in [2.45, 2.75) is 44.6 Å². The maximum Gasteiger partial charge on any atom is 0.148 e. The minimum absolute atomic E-state index is 0.167. The van der Waals surface area contributed by atoms with Gasteiger partial charge in [-0.2, -0.15) is 0 Å². The molecule has 0 aromatic carbocycles. The molecule has 4 nitrogen and oxygen atoms in total. The van der Waals surface area contributed by atoms with E-state index in [4.69, 9.17) is 0 Å². The first-order chi connectivity index (χ1) is 8.47. The largest absolute Gasteiger partial charge is 0.299 e. The van der Waals surface area contributed by atoms with Crippen LogP contribution in [0.15, 0.2) is 0 Å². The second kappa shape index (κ2) is 5.70. The summed E-state index contributed by atoms with van der Waals surface area (Å²) in [6.45, 7) is 1.54. The van der Waals surface area contributed by atoms with Crippen molar-refractivity contribution in [1.82, 2.24) is 4.90 Å². The minimum atomic E-state index is -2.91. The second-order valence-corrected chi connectivity index (χ2v) is 7.95. The first-order valence-corrected chi connectivity index (χ1v) is 8.98. The van der Waals surface area contributed by atoms with Crippen molar-refractivity contribution in [1.29, 1.82) is 0 Å². The van der Waals surface area contributed by atoms with E-state index in [1.807, 2.05) is 0 Å². The Bertz CT molecular complexity index is 404. The summed E-state index contributed by atoms with van der Waals surface area (Å²) in [6, 6.07) is 0.305. The number of Topliss-reactive ketones (excluding diaryl/α,β-unsaturated/α-hetero) is 1. The van der Waals surface area contributed by atoms with Crippen LogP contribution < -0.4 is 0 Å². The standard InChI is InChI=1S/C13H23NO3S/c1-18(16,17)10-9-14-8-4-6-12(14)11-5-2-3-7-13(11)15/h11-12H,2-10H2,1H3. The molecule has 1 aliphatic heterocycles. The molecule has 1 heterocycles. The fourth-order valence-corrected chi connectivity index (χ4v) is 3.85. The number of hydrogen-bond acceptors (Lipinski definition) is 4. The molecule has 2 rings (SSSR count). The molecule has 1 saturated heterocycles. The van der Waals surface area contributed by atoms with Crippen LogP contribution >= 0.6 is 0 Å². The van der Waals surface area contributed by atoms with Crippen LogP contribution in [0.25, 0.3) is 0 Å². The third-order valence-corrected chi connectivity index (χ3v) is 5.15. The molecule has 0 radical (unpaired) electrons. The van der Waals surface area contributed by atoms with E-state index in [9.17, 15) is 13.2 Å². The Balaban J connectivity index is 1.96. The molecule has 5 heteroatoms. The number of nitrogens with zero attached hydrogens (tertiary/aromatic N) is 1. The highest BCUT2D eigenvalue weighted by atomic mass is 32.2. The van der Waals surface area contributed by atoms with E-state index >= 15 is 0 Å². The number of carbonyl (C=O) groups excluding carboxylic acids is 1. The van der Waals surface area contributed by atoms with Crippen LogP contribution in [-0.4, -0.2) is 50.2 Å². The van der Waals surface area contributed by atoms with Crippen LogP contribution in [0.1, 0.15) is 38.5 Å². The van der Waals surface area contributed by atoms with Crippen LogP contribution in [0.2, 0.25) is 0 Å². The van der Waals surface area contributed by atoms with Crippen molar-refractivity contribution in [3.63, 3.8) is 0 Å². The monoisotopic (exact) mass is 273 g/mol. The number of sulfone groups is 1. The number of hydrogen-bond donors (Lipinski definition) is 0. The normalized spacial score (nSPS) is 30.8. The molecule has 0 spiro atoms. The SMILES string of the molecule is CS(=O)(=O)CCN1CCCC1C1CCCCC1=O. The lowest BCUT2D eigenvalue weighted by Gasteiger charge is -2.32. The molecule has 1 saturated carbocycles. The highest BCUT2D eigenvalue weighted by Crippen LogP contribution is 2.32. The molecule has 0 N–H and O–H groups in total. The minimum Gasteiger partial charge on any atom is -0.299 e. The predicted octanol–water partition coefficient (Wildman–Crippen LogP) is 1.25. The van der Waals surface area contributed by atoms with E-state index in [0.29, 0.717) is 18.4 Å². The first kappa shape index (κ1) is 14.0. The number of likely N-dealkylation sites (tertiary alicyclic amines) is 1. The summed E-state index contributed by atoms with van der Waals surface area (Å²) in [5, 5.41) is 0. The van der Waals surface area contributed by atoms with Crippen LogP contribution in [0.4, 0.5) is 0 Å². The van der Waals surface area contributed by atoms with Crippen molar-refractivity contribution in [2.75, 3.05) is 25.1 Å². The van der Waals surface area contributed by atoms with Gasteiger partial charge in [-0.1, -0.05) is 6.42 Å². The maximum absolute atomic E-state index is 12.0. The van der Waals surface area contributed by atoms with Gasteiger partial charge >= 0.3 is 0 Å². The average Bonchev–Trinajstić information content (AvgIpc) is 2.74. The van der Waals surface area contributed by atoms with Crippen molar-refractivity contribution in [3.8, 4) is 0 Å². The van der Waals surface area contributed by atoms with Crippen LogP contribution in [-0.2, 0) is 14.6 Å². The number of rotatable bonds is 4. The average molecular weight is 273 g/mol. The fourth-order valence-electron chi connectivity index (χ4n) is 3.29. The van der Waals surface area contributed by atoms with Crippen molar-refractivity contribution < 1.29 is 13.2 Å². The highest BCUT2D eigenvalue weighted by molar-refractivity contribution is 7.90. The fraction of sp³-hybridized carbons (Fsp3) is 0.923. The Labute approximate surface area is 110 Å². The van der Waals surface area contributed by atoms with Gasteiger partial charge in [-0.15, -0.1) is 0 Å². The first-order valence-electron chi connectivity index (χ1n) is 6.92. The van der Waals surface area contributed by atoms with Crippen molar-refractivity contribution in [3.05, 3.63) is 0 Å². The predicted molar refractivity (Wildman–Crippen MR) is 71.3 cm³/mol. The van der Waals surface area contributed by atoms with Crippen molar-refractivity contribution in [2.24, 2.45) is 5.92 Å². The van der Waals surface area contributed by atoms with Gasteiger partial charge < -0.3 is 0 Å². The van der Waals surface area contributed by atoms with Crippen LogP contribution in [0, 0.1) is 5.92 Å². The van der Waals surface area contributed by atoms with Gasteiger partial charge in [0.05, 0.1) is 5.75 Å². The van der Waals surface area contributed by atoms with E-state index < -0.39 is 9.84 Å². The maximum atomic E-state index is 12.0. The lowest BCUT2D eigenvalue weighted by atomic mass is 9.82. The molecule has 2 aliphatic rings. The summed E-state index contributed by atoms with van der Waals surface area (Å²) in [6.07, 6.45) is 7.33. The zero-order valence-corrected chi connectivity index (χ0v) is 11.9. The summed E-state index contributed by atoms with van der Waals surface area (Å²) in [5.41, 5.74) is 0. The molecule has 2 atom stereocenters. The van der Waals surface area contributed by atoms with Gasteiger partial charge in [0.1, 0.15) is 15.6 Å². The smallest absolute Gasteiger partial charge is 0.148 e. The third kappa shape index (κ3) is 3.54. The lowest BCUT2D eigenvalue weighted by Crippen LogP contribution is -2.42. The molecule has 2 unspecified atom stereocenters. The molecular formula is C13H23NO3S. The number of ketones is 1. The van der Waals surface area contributed by atoms with E-state index in [-0.39, 0.29) is 11.7 Å². The Kier molecular flexibility index (Phi) is 4.43. The molecule has 2 fully saturated rings. The van der Waals surface area contributed by atoms with E-state index in [0.717, 1.165) is 45.1 Å². The zero-order valence-electron chi connectivity index (χ0n) is 11.1. The van der Waals surface area contributed by atoms with Gasteiger partial charge in [-0.05, 0) is 32.2 Å². The molecule has 104 valence electrons. The quantitative estimate of drug-likeness (QED) is 0.773. The molecule has 0 amide bonds. The molecule has 0 aromatic rings. The van der Waals surface area contributed by atoms with E-state index in [1.165, 1.54) is 6.26 Å². The summed E-state index contributed by atoms with van der Waals surface area (Å²) >= 11 is 0. The van der Waals surface area contributed by atoms with Gasteiger partial charge in [-0.3, -0.25) is 9.69 Å². The van der Waals surface area contributed by atoms with Crippen LogP contribution in [0.5, 0.6) is 0 Å². The van der Waals surface area contributed by atoms with Gasteiger partial charge in [0.25, 0.3) is 0 Å². The van der Waals surface area contributed by atoms with Crippen molar-refractivity contribution >= 4 is 15.6 Å². The molecular weight excluding hydrogens is 250 g/mol. The molecule has 0 aromatic heterocycles. The van der Waals surface area contributed by atoms with Gasteiger partial charge in [-0.25, -0.2) is 8.42 Å². The number of carbonyl (C=O) groups is 1. The summed E-state index contributed by atoms with van der Waals surface area (Å²) in [5.74, 6) is 0.781. The zero-order chi connectivity index (χ0) is 13.2. The van der Waals surface area contributed by atoms with Gasteiger partial charge in [0, 0.05) is 31.2 Å². The summed E-state index contributed by atoms with van der Waals surface area (Å²) in [4.78, 5) is 14.2. The van der Waals surface area contributed by atoms with E-state index in [2.05, 4.69) is 4.90 Å². The van der Waals surface area contributed by atoms with E-state index in [1.54, 1.807) is 0 Å². The highest BCUT2D eigenvalue weighted by Gasteiger charge is 2.36. The summed E-state index contributed by atoms with van der Waals surface area (Å²) in [7, 11) is -2.91. The van der Waals surface area contributed by atoms with Gasteiger partial charge in [0.15, 0.2) is 0 Å².